The highest BCUT2D eigenvalue weighted by Gasteiger charge is 2.02. The predicted molar refractivity (Wildman–Crippen MR) is 62.2 cm³/mol. The number of rotatable bonds is 3. The van der Waals surface area contributed by atoms with Crippen molar-refractivity contribution in [1.29, 1.82) is 0 Å². The summed E-state index contributed by atoms with van der Waals surface area (Å²) in [6.45, 7) is 11.2. The summed E-state index contributed by atoms with van der Waals surface area (Å²) in [6, 6.07) is 6.58. The van der Waals surface area contributed by atoms with Crippen LogP contribution in [0.1, 0.15) is 23.6 Å². The monoisotopic (exact) mass is 189 g/mol. The van der Waals surface area contributed by atoms with E-state index in [2.05, 4.69) is 50.6 Å². The molecule has 0 atom stereocenters. The summed E-state index contributed by atoms with van der Waals surface area (Å²) >= 11 is 0. The molecule has 0 aliphatic rings. The summed E-state index contributed by atoms with van der Waals surface area (Å²) in [6.07, 6.45) is 0. The molecule has 0 bridgehead atoms. The largest absolute Gasteiger partial charge is 0.374 e. The van der Waals surface area contributed by atoms with Crippen molar-refractivity contribution in [2.45, 2.75) is 27.3 Å². The zero-order valence-electron chi connectivity index (χ0n) is 9.59. The Hall–Kier alpha value is -1.24. The van der Waals surface area contributed by atoms with Gasteiger partial charge in [-0.2, -0.15) is 0 Å². The fraction of sp³-hybridized carbons (Fsp3) is 0.385. The lowest BCUT2D eigenvalue weighted by atomic mass is 10.1. The molecular weight excluding hydrogens is 170 g/mol. The van der Waals surface area contributed by atoms with E-state index < -0.39 is 0 Å². The molecule has 0 fully saturated rings. The van der Waals surface area contributed by atoms with Crippen LogP contribution >= 0.6 is 0 Å². The van der Waals surface area contributed by atoms with E-state index in [1.807, 2.05) is 6.92 Å². The smallest absolute Gasteiger partial charge is 0.0425 e. The Balaban J connectivity index is 2.82. The molecule has 1 aromatic rings. The number of nitrogens with zero attached hydrogens (tertiary/aromatic N) is 1. The number of hydrogen-bond acceptors (Lipinski definition) is 1. The second kappa shape index (κ2) is 4.32. The van der Waals surface area contributed by atoms with Crippen LogP contribution in [0.3, 0.4) is 0 Å². The van der Waals surface area contributed by atoms with Gasteiger partial charge < -0.3 is 4.90 Å². The molecule has 0 saturated carbocycles. The number of benzene rings is 1. The van der Waals surface area contributed by atoms with Crippen LogP contribution in [-0.4, -0.2) is 11.9 Å². The Morgan fingerprint density at radius 3 is 2.50 bits per heavy atom. The van der Waals surface area contributed by atoms with Gasteiger partial charge in [-0.15, -0.1) is 0 Å². The summed E-state index contributed by atoms with van der Waals surface area (Å²) in [4.78, 5) is 2.16. The first-order valence-corrected chi connectivity index (χ1v) is 4.93. The predicted octanol–water partition coefficient (Wildman–Crippen LogP) is 3.27. The van der Waals surface area contributed by atoms with E-state index in [0.717, 1.165) is 12.2 Å². The third-order valence-electron chi connectivity index (χ3n) is 2.56. The van der Waals surface area contributed by atoms with Crippen molar-refractivity contribution in [3.8, 4) is 0 Å². The Morgan fingerprint density at radius 1 is 1.36 bits per heavy atom. The van der Waals surface area contributed by atoms with Gasteiger partial charge in [-0.05, 0) is 31.9 Å². The van der Waals surface area contributed by atoms with E-state index in [9.17, 15) is 0 Å². The molecule has 76 valence electrons. The lowest BCUT2D eigenvalue weighted by Gasteiger charge is -2.20. The second-order valence-electron chi connectivity index (χ2n) is 4.02. The highest BCUT2D eigenvalue weighted by atomic mass is 15.1. The minimum atomic E-state index is 0.946. The van der Waals surface area contributed by atoms with Gasteiger partial charge in [0, 0.05) is 19.3 Å². The van der Waals surface area contributed by atoms with E-state index >= 15 is 0 Å². The van der Waals surface area contributed by atoms with Crippen molar-refractivity contribution in [3.63, 3.8) is 0 Å². The third-order valence-corrected chi connectivity index (χ3v) is 2.56. The normalized spacial score (nSPS) is 10.0. The van der Waals surface area contributed by atoms with Gasteiger partial charge in [0.05, 0.1) is 0 Å². The maximum absolute atomic E-state index is 3.92. The Morgan fingerprint density at radius 2 is 2.00 bits per heavy atom. The molecule has 1 nitrogen and oxygen atoms in total. The molecular formula is C13H19N. The minimum Gasteiger partial charge on any atom is -0.374 e. The molecule has 1 rings (SSSR count). The molecule has 0 aliphatic carbocycles. The van der Waals surface area contributed by atoms with Gasteiger partial charge in [-0.25, -0.2) is 0 Å². The quantitative estimate of drug-likeness (QED) is 0.705. The van der Waals surface area contributed by atoms with Crippen LogP contribution in [-0.2, 0) is 6.54 Å². The average Bonchev–Trinajstić information content (AvgIpc) is 2.09. The van der Waals surface area contributed by atoms with E-state index in [-0.39, 0.29) is 0 Å². The first-order valence-electron chi connectivity index (χ1n) is 4.93. The van der Waals surface area contributed by atoms with E-state index in [0.29, 0.717) is 0 Å². The molecule has 1 aromatic carbocycles. The summed E-state index contributed by atoms with van der Waals surface area (Å²) in [5, 5.41) is 0. The van der Waals surface area contributed by atoms with Crippen LogP contribution in [0, 0.1) is 13.8 Å². The van der Waals surface area contributed by atoms with Crippen molar-refractivity contribution in [1.82, 2.24) is 4.90 Å². The maximum Gasteiger partial charge on any atom is 0.0425 e. The maximum atomic E-state index is 3.92. The Labute approximate surface area is 87.1 Å². The van der Waals surface area contributed by atoms with Gasteiger partial charge in [0.2, 0.25) is 0 Å². The zero-order valence-corrected chi connectivity index (χ0v) is 9.59. The molecule has 14 heavy (non-hydrogen) atoms. The van der Waals surface area contributed by atoms with Crippen molar-refractivity contribution >= 4 is 0 Å². The van der Waals surface area contributed by atoms with Gasteiger partial charge in [0.15, 0.2) is 0 Å². The topological polar surface area (TPSA) is 3.24 Å². The van der Waals surface area contributed by atoms with Gasteiger partial charge in [-0.3, -0.25) is 0 Å². The van der Waals surface area contributed by atoms with Gasteiger partial charge >= 0.3 is 0 Å². The fourth-order valence-corrected chi connectivity index (χ4v) is 1.41. The van der Waals surface area contributed by atoms with Crippen molar-refractivity contribution in [3.05, 3.63) is 47.2 Å². The summed E-state index contributed by atoms with van der Waals surface area (Å²) in [5.41, 5.74) is 5.16. The fourth-order valence-electron chi connectivity index (χ4n) is 1.41. The molecule has 0 spiro atoms. The van der Waals surface area contributed by atoms with Gasteiger partial charge in [0.1, 0.15) is 0 Å². The van der Waals surface area contributed by atoms with Crippen molar-refractivity contribution in [2.75, 3.05) is 7.05 Å². The van der Waals surface area contributed by atoms with Crippen LogP contribution in [0.25, 0.3) is 0 Å². The van der Waals surface area contributed by atoms with Gasteiger partial charge in [-0.1, -0.05) is 30.3 Å². The van der Waals surface area contributed by atoms with Crippen LogP contribution in [0.2, 0.25) is 0 Å². The van der Waals surface area contributed by atoms with Crippen molar-refractivity contribution in [2.24, 2.45) is 0 Å². The van der Waals surface area contributed by atoms with Crippen LogP contribution in [0.4, 0.5) is 0 Å². The van der Waals surface area contributed by atoms with E-state index in [1.54, 1.807) is 0 Å². The molecule has 0 heterocycles. The highest BCUT2D eigenvalue weighted by molar-refractivity contribution is 5.30. The molecule has 1 heteroatoms. The highest BCUT2D eigenvalue weighted by Crippen LogP contribution is 2.13. The van der Waals surface area contributed by atoms with E-state index in [4.69, 9.17) is 0 Å². The minimum absolute atomic E-state index is 0.946. The molecule has 0 N–H and O–H groups in total. The molecule has 0 unspecified atom stereocenters. The Kier molecular flexibility index (Phi) is 3.34. The lowest BCUT2D eigenvalue weighted by Crippen LogP contribution is -2.15. The van der Waals surface area contributed by atoms with Crippen LogP contribution in [0.5, 0.6) is 0 Å². The standard InChI is InChI=1S/C13H19N/c1-10(2)14(5)9-13-7-6-11(3)8-12(13)4/h6-8H,1,9H2,2-5H3. The molecule has 0 aromatic heterocycles. The van der Waals surface area contributed by atoms with Gasteiger partial charge in [0.25, 0.3) is 0 Å². The van der Waals surface area contributed by atoms with Crippen molar-refractivity contribution < 1.29 is 0 Å². The Bertz CT molecular complexity index is 339. The zero-order chi connectivity index (χ0) is 10.7. The number of allylic oxidation sites excluding steroid dienone is 1. The summed E-state index contributed by atoms with van der Waals surface area (Å²) in [5.74, 6) is 0. The number of aryl methyl sites for hydroxylation is 2. The first-order chi connectivity index (χ1) is 6.50. The van der Waals surface area contributed by atoms with Crippen LogP contribution < -0.4 is 0 Å². The van der Waals surface area contributed by atoms with Crippen LogP contribution in [0.15, 0.2) is 30.5 Å². The molecule has 0 radical (unpaired) electrons. The summed E-state index contributed by atoms with van der Waals surface area (Å²) in [7, 11) is 2.07. The molecule has 0 aliphatic heterocycles. The lowest BCUT2D eigenvalue weighted by molar-refractivity contribution is 0.413. The SMILES string of the molecule is C=C(C)N(C)Cc1ccc(C)cc1C. The van der Waals surface area contributed by atoms with E-state index in [1.165, 1.54) is 16.7 Å². The second-order valence-corrected chi connectivity index (χ2v) is 4.02. The first kappa shape index (κ1) is 10.8. The molecule has 0 saturated heterocycles. The average molecular weight is 189 g/mol. The third kappa shape index (κ3) is 2.63. The number of hydrogen-bond donors (Lipinski definition) is 0. The molecule has 0 amide bonds. The summed E-state index contributed by atoms with van der Waals surface area (Å²) < 4.78 is 0.